The highest BCUT2D eigenvalue weighted by molar-refractivity contribution is 5.82. The monoisotopic (exact) mass is 225 g/mol. The number of hydrogen-bond acceptors (Lipinski definition) is 3. The van der Waals surface area contributed by atoms with Gasteiger partial charge in [0.1, 0.15) is 5.84 Å². The van der Waals surface area contributed by atoms with Gasteiger partial charge in [-0.1, -0.05) is 24.4 Å². The maximum atomic E-state index is 8.65. The Bertz CT molecular complexity index is 241. The molecule has 3 N–H and O–H groups in total. The van der Waals surface area contributed by atoms with E-state index >= 15 is 0 Å². The molecule has 4 heteroatoms. The smallest absolute Gasteiger partial charge is 0.142 e. The number of likely N-dealkylation sites (tertiary alicyclic amines) is 1. The van der Waals surface area contributed by atoms with Crippen LogP contribution in [0.25, 0.3) is 0 Å². The molecule has 0 amide bonds. The molecule has 2 rings (SSSR count). The van der Waals surface area contributed by atoms with E-state index in [-0.39, 0.29) is 0 Å². The molecule has 1 aliphatic carbocycles. The van der Waals surface area contributed by atoms with Gasteiger partial charge >= 0.3 is 0 Å². The fourth-order valence-corrected chi connectivity index (χ4v) is 3.09. The summed E-state index contributed by atoms with van der Waals surface area (Å²) in [7, 11) is 0. The summed E-state index contributed by atoms with van der Waals surface area (Å²) in [4.78, 5) is 2.61. The van der Waals surface area contributed by atoms with Crippen LogP contribution in [0, 0.1) is 5.92 Å². The van der Waals surface area contributed by atoms with Crippen molar-refractivity contribution in [3.05, 3.63) is 0 Å². The third kappa shape index (κ3) is 2.67. The van der Waals surface area contributed by atoms with Crippen LogP contribution in [0.4, 0.5) is 0 Å². The van der Waals surface area contributed by atoms with E-state index in [2.05, 4.69) is 10.1 Å². The molecule has 0 atom stereocenters. The minimum atomic E-state index is 0.296. The largest absolute Gasteiger partial charge is 0.409 e. The maximum absolute atomic E-state index is 8.65. The van der Waals surface area contributed by atoms with Crippen LogP contribution in [0.3, 0.4) is 0 Å². The number of hydrogen-bond donors (Lipinski definition) is 2. The summed E-state index contributed by atoms with van der Waals surface area (Å²) in [5.74, 6) is 0.716. The Hall–Kier alpha value is -0.770. The number of rotatable bonds is 2. The predicted molar refractivity (Wildman–Crippen MR) is 64.6 cm³/mol. The molecule has 0 aromatic carbocycles. The molecule has 1 aliphatic heterocycles. The first-order chi connectivity index (χ1) is 7.81. The number of piperidine rings is 1. The highest BCUT2D eigenvalue weighted by atomic mass is 16.4. The SMILES string of the molecule is NC(=NO)C1CCN(C2CCCCC2)CC1. The predicted octanol–water partition coefficient (Wildman–Crippen LogP) is 1.78. The van der Waals surface area contributed by atoms with E-state index in [1.54, 1.807) is 0 Å². The van der Waals surface area contributed by atoms with Gasteiger partial charge in [0.25, 0.3) is 0 Å². The zero-order valence-corrected chi connectivity index (χ0v) is 9.94. The van der Waals surface area contributed by atoms with Crippen molar-refractivity contribution in [2.75, 3.05) is 13.1 Å². The van der Waals surface area contributed by atoms with Gasteiger partial charge in [0, 0.05) is 12.0 Å². The van der Waals surface area contributed by atoms with Crippen molar-refractivity contribution in [1.82, 2.24) is 4.90 Å². The molecule has 0 aromatic rings. The highest BCUT2D eigenvalue weighted by Crippen LogP contribution is 2.26. The minimum Gasteiger partial charge on any atom is -0.409 e. The van der Waals surface area contributed by atoms with Crippen LogP contribution < -0.4 is 5.73 Å². The Morgan fingerprint density at radius 2 is 1.69 bits per heavy atom. The molecule has 0 radical (unpaired) electrons. The lowest BCUT2D eigenvalue weighted by Crippen LogP contribution is -2.44. The van der Waals surface area contributed by atoms with Crippen molar-refractivity contribution in [1.29, 1.82) is 0 Å². The molecule has 0 unspecified atom stereocenters. The first kappa shape index (κ1) is 11.7. The van der Waals surface area contributed by atoms with Crippen molar-refractivity contribution in [3.8, 4) is 0 Å². The molecule has 0 aromatic heterocycles. The summed E-state index contributed by atoms with van der Waals surface area (Å²) in [6.07, 6.45) is 9.04. The molecule has 2 fully saturated rings. The van der Waals surface area contributed by atoms with Crippen LogP contribution in [0.1, 0.15) is 44.9 Å². The van der Waals surface area contributed by atoms with Crippen molar-refractivity contribution >= 4 is 5.84 Å². The summed E-state index contributed by atoms with van der Waals surface area (Å²) < 4.78 is 0. The van der Waals surface area contributed by atoms with Gasteiger partial charge in [-0.05, 0) is 38.8 Å². The summed E-state index contributed by atoms with van der Waals surface area (Å²) in [6, 6.07) is 0.807. The topological polar surface area (TPSA) is 61.9 Å². The molecule has 1 saturated carbocycles. The lowest BCUT2D eigenvalue weighted by Gasteiger charge is -2.39. The van der Waals surface area contributed by atoms with Crippen LogP contribution in [-0.4, -0.2) is 35.1 Å². The van der Waals surface area contributed by atoms with E-state index < -0.39 is 0 Å². The van der Waals surface area contributed by atoms with E-state index in [1.807, 2.05) is 0 Å². The van der Waals surface area contributed by atoms with Gasteiger partial charge < -0.3 is 15.8 Å². The highest BCUT2D eigenvalue weighted by Gasteiger charge is 2.27. The number of oxime groups is 1. The van der Waals surface area contributed by atoms with Crippen molar-refractivity contribution in [2.24, 2.45) is 16.8 Å². The second-order valence-electron chi connectivity index (χ2n) is 5.13. The zero-order chi connectivity index (χ0) is 11.4. The van der Waals surface area contributed by atoms with E-state index in [9.17, 15) is 0 Å². The van der Waals surface area contributed by atoms with Gasteiger partial charge in [-0.2, -0.15) is 0 Å². The first-order valence-corrected chi connectivity index (χ1v) is 6.52. The van der Waals surface area contributed by atoms with Crippen LogP contribution in [0.5, 0.6) is 0 Å². The minimum absolute atomic E-state index is 0.296. The Balaban J connectivity index is 1.80. The molecular formula is C12H23N3O. The fraction of sp³-hybridized carbons (Fsp3) is 0.917. The Kier molecular flexibility index (Phi) is 4.04. The third-order valence-electron chi connectivity index (χ3n) is 4.15. The van der Waals surface area contributed by atoms with Gasteiger partial charge in [-0.15, -0.1) is 0 Å². The summed E-state index contributed by atoms with van der Waals surface area (Å²) in [5.41, 5.74) is 5.65. The zero-order valence-electron chi connectivity index (χ0n) is 9.94. The molecule has 92 valence electrons. The maximum Gasteiger partial charge on any atom is 0.142 e. The molecule has 1 heterocycles. The number of nitrogens with zero attached hydrogens (tertiary/aromatic N) is 2. The molecule has 4 nitrogen and oxygen atoms in total. The van der Waals surface area contributed by atoms with Crippen LogP contribution in [0.2, 0.25) is 0 Å². The van der Waals surface area contributed by atoms with Gasteiger partial charge in [-0.25, -0.2) is 0 Å². The van der Waals surface area contributed by atoms with Gasteiger partial charge in [-0.3, -0.25) is 0 Å². The van der Waals surface area contributed by atoms with Gasteiger partial charge in [0.05, 0.1) is 0 Å². The Labute approximate surface area is 97.5 Å². The standard InChI is InChI=1S/C12H23N3O/c13-12(14-16)10-6-8-15(9-7-10)11-4-2-1-3-5-11/h10-11,16H,1-9H2,(H2,13,14). The van der Waals surface area contributed by atoms with E-state index in [4.69, 9.17) is 10.9 Å². The third-order valence-corrected chi connectivity index (χ3v) is 4.15. The van der Waals surface area contributed by atoms with Crippen molar-refractivity contribution in [2.45, 2.75) is 51.0 Å². The second-order valence-corrected chi connectivity index (χ2v) is 5.13. The molecule has 0 bridgehead atoms. The second kappa shape index (κ2) is 5.53. The fourth-order valence-electron chi connectivity index (χ4n) is 3.09. The lowest BCUT2D eigenvalue weighted by atomic mass is 9.90. The van der Waals surface area contributed by atoms with Gasteiger partial charge in [0.15, 0.2) is 0 Å². The van der Waals surface area contributed by atoms with Crippen molar-refractivity contribution in [3.63, 3.8) is 0 Å². The quantitative estimate of drug-likeness (QED) is 0.326. The average molecular weight is 225 g/mol. The summed E-state index contributed by atoms with van der Waals surface area (Å²) >= 11 is 0. The molecule has 1 saturated heterocycles. The Morgan fingerprint density at radius 3 is 2.25 bits per heavy atom. The Morgan fingerprint density at radius 1 is 1.06 bits per heavy atom. The summed E-state index contributed by atoms with van der Waals surface area (Å²) in [5, 5.41) is 11.8. The first-order valence-electron chi connectivity index (χ1n) is 6.52. The molecule has 16 heavy (non-hydrogen) atoms. The van der Waals surface area contributed by atoms with E-state index in [0.717, 1.165) is 32.0 Å². The molecular weight excluding hydrogens is 202 g/mol. The normalized spacial score (nSPS) is 27.1. The van der Waals surface area contributed by atoms with Gasteiger partial charge in [0.2, 0.25) is 0 Å². The van der Waals surface area contributed by atoms with Crippen molar-refractivity contribution < 1.29 is 5.21 Å². The van der Waals surface area contributed by atoms with E-state index in [1.165, 1.54) is 32.1 Å². The van der Waals surface area contributed by atoms with Crippen LogP contribution >= 0.6 is 0 Å². The molecule has 2 aliphatic rings. The average Bonchev–Trinajstić information content (AvgIpc) is 2.39. The summed E-state index contributed by atoms with van der Waals surface area (Å²) in [6.45, 7) is 2.23. The van der Waals surface area contributed by atoms with Crippen LogP contribution in [-0.2, 0) is 0 Å². The lowest BCUT2D eigenvalue weighted by molar-refractivity contribution is 0.119. The molecule has 0 spiro atoms. The number of nitrogens with two attached hydrogens (primary N) is 1. The van der Waals surface area contributed by atoms with E-state index in [0.29, 0.717) is 11.8 Å². The number of amidine groups is 1. The van der Waals surface area contributed by atoms with Crippen LogP contribution in [0.15, 0.2) is 5.16 Å².